The van der Waals surface area contributed by atoms with Gasteiger partial charge in [-0.3, -0.25) is 4.84 Å². The highest BCUT2D eigenvalue weighted by atomic mass is 16.8. The molecule has 0 aliphatic heterocycles. The second-order valence-corrected chi connectivity index (χ2v) is 5.66. The van der Waals surface area contributed by atoms with Crippen molar-refractivity contribution in [2.45, 2.75) is 26.3 Å². The van der Waals surface area contributed by atoms with E-state index < -0.39 is 12.2 Å². The van der Waals surface area contributed by atoms with Crippen LogP contribution in [0, 0.1) is 5.92 Å². The first-order valence-corrected chi connectivity index (χ1v) is 7.68. The number of hydrogen-bond donors (Lipinski definition) is 1. The van der Waals surface area contributed by atoms with Crippen molar-refractivity contribution >= 4 is 6.16 Å². The van der Waals surface area contributed by atoms with Crippen molar-refractivity contribution in [2.75, 3.05) is 0 Å². The number of hydrogen-bond acceptors (Lipinski definition) is 6. The van der Waals surface area contributed by atoms with E-state index in [9.17, 15) is 9.90 Å². The summed E-state index contributed by atoms with van der Waals surface area (Å²) in [6, 6.07) is 15.0. The molecule has 24 heavy (non-hydrogen) atoms. The van der Waals surface area contributed by atoms with E-state index in [1.165, 1.54) is 0 Å². The SMILES string of the molecule is CC(C)CC(N=NOC(=O)Oc1ccccc1)c1ccccc1O. The van der Waals surface area contributed by atoms with Gasteiger partial charge in [-0.1, -0.05) is 50.2 Å². The molecule has 0 saturated heterocycles. The molecule has 1 unspecified atom stereocenters. The van der Waals surface area contributed by atoms with E-state index in [0.717, 1.165) is 0 Å². The van der Waals surface area contributed by atoms with Gasteiger partial charge in [0.05, 0.1) is 0 Å². The van der Waals surface area contributed by atoms with Crippen molar-refractivity contribution in [3.05, 3.63) is 60.2 Å². The van der Waals surface area contributed by atoms with Crippen LogP contribution in [0.1, 0.15) is 31.9 Å². The lowest BCUT2D eigenvalue weighted by atomic mass is 9.97. The van der Waals surface area contributed by atoms with E-state index >= 15 is 0 Å². The molecule has 0 aliphatic rings. The van der Waals surface area contributed by atoms with Crippen LogP contribution in [0.5, 0.6) is 11.5 Å². The molecule has 1 N–H and O–H groups in total. The second-order valence-electron chi connectivity index (χ2n) is 5.66. The van der Waals surface area contributed by atoms with Crippen LogP contribution in [0.3, 0.4) is 0 Å². The molecule has 1 atom stereocenters. The van der Waals surface area contributed by atoms with Gasteiger partial charge >= 0.3 is 6.16 Å². The van der Waals surface area contributed by atoms with Gasteiger partial charge in [-0.2, -0.15) is 0 Å². The number of aromatic hydroxyl groups is 1. The zero-order chi connectivity index (χ0) is 17.4. The third-order valence-corrected chi connectivity index (χ3v) is 3.24. The Morgan fingerprint density at radius 3 is 2.42 bits per heavy atom. The van der Waals surface area contributed by atoms with Crippen molar-refractivity contribution < 1.29 is 19.5 Å². The number of ether oxygens (including phenoxy) is 1. The summed E-state index contributed by atoms with van der Waals surface area (Å²) in [5, 5.41) is 17.5. The van der Waals surface area contributed by atoms with Gasteiger partial charge in [-0.15, -0.1) is 5.11 Å². The Hall–Kier alpha value is -2.89. The average Bonchev–Trinajstić information content (AvgIpc) is 2.55. The smallest absolute Gasteiger partial charge is 0.508 e. The van der Waals surface area contributed by atoms with Gasteiger partial charge < -0.3 is 9.84 Å². The number of para-hydroxylation sites is 2. The highest BCUT2D eigenvalue weighted by molar-refractivity contribution is 5.63. The van der Waals surface area contributed by atoms with Crippen LogP contribution in [0.15, 0.2) is 65.0 Å². The average molecular weight is 328 g/mol. The molecular weight excluding hydrogens is 308 g/mol. The summed E-state index contributed by atoms with van der Waals surface area (Å²) in [4.78, 5) is 16.2. The monoisotopic (exact) mass is 328 g/mol. The first-order chi connectivity index (χ1) is 11.6. The van der Waals surface area contributed by atoms with Gasteiger partial charge in [0.1, 0.15) is 17.5 Å². The van der Waals surface area contributed by atoms with E-state index in [1.807, 2.05) is 19.9 Å². The molecule has 0 radical (unpaired) electrons. The highest BCUT2D eigenvalue weighted by Gasteiger charge is 2.17. The number of carbonyl (C=O) groups is 1. The fourth-order valence-corrected chi connectivity index (χ4v) is 2.17. The molecule has 2 aromatic carbocycles. The number of nitrogens with zero attached hydrogens (tertiary/aromatic N) is 2. The Morgan fingerprint density at radius 1 is 1.08 bits per heavy atom. The van der Waals surface area contributed by atoms with Crippen LogP contribution in [-0.4, -0.2) is 11.3 Å². The van der Waals surface area contributed by atoms with Gasteiger partial charge in [-0.25, -0.2) is 4.79 Å². The van der Waals surface area contributed by atoms with Gasteiger partial charge in [-0.05, 0) is 30.5 Å². The normalized spacial score (nSPS) is 12.3. The Kier molecular flexibility index (Phi) is 6.31. The van der Waals surface area contributed by atoms with E-state index in [1.54, 1.807) is 48.5 Å². The molecule has 0 aromatic heterocycles. The predicted molar refractivity (Wildman–Crippen MR) is 88.7 cm³/mol. The fourth-order valence-electron chi connectivity index (χ4n) is 2.17. The van der Waals surface area contributed by atoms with Crippen molar-refractivity contribution in [1.82, 2.24) is 0 Å². The van der Waals surface area contributed by atoms with Crippen LogP contribution < -0.4 is 4.74 Å². The maximum Gasteiger partial charge on any atom is 0.542 e. The molecule has 0 saturated carbocycles. The molecule has 6 heteroatoms. The number of benzene rings is 2. The molecule has 126 valence electrons. The van der Waals surface area contributed by atoms with Crippen molar-refractivity contribution in [1.29, 1.82) is 0 Å². The third-order valence-electron chi connectivity index (χ3n) is 3.24. The summed E-state index contributed by atoms with van der Waals surface area (Å²) >= 11 is 0. The molecule has 2 aromatic rings. The lowest BCUT2D eigenvalue weighted by Gasteiger charge is -2.14. The van der Waals surface area contributed by atoms with Gasteiger partial charge in [0.25, 0.3) is 0 Å². The highest BCUT2D eigenvalue weighted by Crippen LogP contribution is 2.31. The van der Waals surface area contributed by atoms with E-state index in [4.69, 9.17) is 4.74 Å². The quantitative estimate of drug-likeness (QED) is 0.348. The zero-order valence-corrected chi connectivity index (χ0v) is 13.6. The van der Waals surface area contributed by atoms with Crippen LogP contribution in [-0.2, 0) is 4.84 Å². The second kappa shape index (κ2) is 8.67. The number of phenolic OH excluding ortho intramolecular Hbond substituents is 1. The zero-order valence-electron chi connectivity index (χ0n) is 13.6. The molecule has 0 aliphatic carbocycles. The molecule has 2 rings (SSSR count). The van der Waals surface area contributed by atoms with Crippen molar-refractivity contribution in [2.24, 2.45) is 16.3 Å². The molecule has 0 fully saturated rings. The van der Waals surface area contributed by atoms with Crippen LogP contribution in [0.25, 0.3) is 0 Å². The first kappa shape index (κ1) is 17.5. The first-order valence-electron chi connectivity index (χ1n) is 7.68. The van der Waals surface area contributed by atoms with Crippen LogP contribution in [0.2, 0.25) is 0 Å². The number of phenols is 1. The molecule has 0 bridgehead atoms. The molecule has 0 amide bonds. The minimum absolute atomic E-state index is 0.133. The minimum Gasteiger partial charge on any atom is -0.508 e. The lowest BCUT2D eigenvalue weighted by Crippen LogP contribution is -2.07. The minimum atomic E-state index is -0.967. The van der Waals surface area contributed by atoms with Crippen LogP contribution in [0.4, 0.5) is 4.79 Å². The van der Waals surface area contributed by atoms with Crippen molar-refractivity contribution in [3.63, 3.8) is 0 Å². The molecule has 6 nitrogen and oxygen atoms in total. The summed E-state index contributed by atoms with van der Waals surface area (Å²) in [7, 11) is 0. The summed E-state index contributed by atoms with van der Waals surface area (Å²) in [6.07, 6.45) is -0.316. The Bertz CT molecular complexity index is 686. The van der Waals surface area contributed by atoms with E-state index in [-0.39, 0.29) is 5.75 Å². The molecular formula is C18H20N2O4. The lowest BCUT2D eigenvalue weighted by molar-refractivity contribution is 0.0916. The maximum atomic E-state index is 11.6. The summed E-state index contributed by atoms with van der Waals surface area (Å²) < 4.78 is 4.94. The maximum absolute atomic E-state index is 11.6. The number of rotatable bonds is 6. The third kappa shape index (κ3) is 5.39. The Balaban J connectivity index is 2.00. The van der Waals surface area contributed by atoms with Gasteiger partial charge in [0.2, 0.25) is 0 Å². The standard InChI is InChI=1S/C18H20N2O4/c1-13(2)12-16(15-10-6-7-11-17(15)21)19-20-24-18(22)23-14-8-4-3-5-9-14/h3-11,13,16,21H,12H2,1-2H3. The Morgan fingerprint density at radius 2 is 1.75 bits per heavy atom. The largest absolute Gasteiger partial charge is 0.542 e. The summed E-state index contributed by atoms with van der Waals surface area (Å²) in [5.41, 5.74) is 0.634. The number of carbonyl (C=O) groups excluding carboxylic acids is 1. The van der Waals surface area contributed by atoms with E-state index in [2.05, 4.69) is 15.2 Å². The van der Waals surface area contributed by atoms with Crippen LogP contribution >= 0.6 is 0 Å². The summed E-state index contributed by atoms with van der Waals surface area (Å²) in [5.74, 6) is 0.816. The van der Waals surface area contributed by atoms with Gasteiger partial charge in [0.15, 0.2) is 0 Å². The predicted octanol–water partition coefficient (Wildman–Crippen LogP) is 5.06. The van der Waals surface area contributed by atoms with Crippen molar-refractivity contribution in [3.8, 4) is 11.5 Å². The molecule has 0 spiro atoms. The molecule has 0 heterocycles. The van der Waals surface area contributed by atoms with E-state index in [0.29, 0.717) is 23.7 Å². The fraction of sp³-hybridized carbons (Fsp3) is 0.278. The Labute approximate surface area is 140 Å². The summed E-state index contributed by atoms with van der Waals surface area (Å²) in [6.45, 7) is 4.07. The topological polar surface area (TPSA) is 80.5 Å². The van der Waals surface area contributed by atoms with Gasteiger partial charge in [0, 0.05) is 10.8 Å².